The number of carbonyl (C=O) groups is 1. The van der Waals surface area contributed by atoms with E-state index in [0.717, 1.165) is 10.9 Å². The minimum atomic E-state index is -0.991. The maximum absolute atomic E-state index is 12.1. The number of rotatable bonds is 6. The molecule has 0 spiro atoms. The van der Waals surface area contributed by atoms with Crippen LogP contribution in [0.1, 0.15) is 6.92 Å². The molecule has 0 bridgehead atoms. The lowest BCUT2D eigenvalue weighted by atomic mass is 10.1. The molecule has 2 heterocycles. The first kappa shape index (κ1) is 17.1. The Morgan fingerprint density at radius 3 is 2.84 bits per heavy atom. The summed E-state index contributed by atoms with van der Waals surface area (Å²) in [5.74, 6) is 0.317. The minimum absolute atomic E-state index is 0.338. The Bertz CT molecular complexity index is 783. The molecule has 4 N–H and O–H groups in total. The minimum Gasteiger partial charge on any atom is -0.368 e. The van der Waals surface area contributed by atoms with Crippen molar-refractivity contribution < 1.29 is 9.72 Å². The number of benzene rings is 1. The topological polar surface area (TPSA) is 121 Å². The summed E-state index contributed by atoms with van der Waals surface area (Å²) in [7, 11) is 0. The van der Waals surface area contributed by atoms with E-state index in [2.05, 4.69) is 26.5 Å². The van der Waals surface area contributed by atoms with Crippen LogP contribution in [0.5, 0.6) is 0 Å². The fourth-order valence-corrected chi connectivity index (χ4v) is 2.86. The van der Waals surface area contributed by atoms with E-state index < -0.39 is 29.0 Å². The molecule has 1 aromatic heterocycles. The summed E-state index contributed by atoms with van der Waals surface area (Å²) in [6.45, 7) is 2.47. The Morgan fingerprint density at radius 1 is 1.24 bits per heavy atom. The molecule has 3 unspecified atom stereocenters. The number of fused-ring (bicyclic) bond motifs is 1. The summed E-state index contributed by atoms with van der Waals surface area (Å²) in [4.78, 5) is 27.3. The molecule has 3 atom stereocenters. The van der Waals surface area contributed by atoms with Gasteiger partial charge in [0.15, 0.2) is 6.04 Å². The molecule has 9 nitrogen and oxygen atoms in total. The summed E-state index contributed by atoms with van der Waals surface area (Å²) >= 11 is 0. The third-order valence-electron chi connectivity index (χ3n) is 4.17. The van der Waals surface area contributed by atoms with Gasteiger partial charge in [-0.15, -0.1) is 0 Å². The van der Waals surface area contributed by atoms with E-state index in [-0.39, 0.29) is 0 Å². The molecule has 1 saturated heterocycles. The van der Waals surface area contributed by atoms with Crippen molar-refractivity contribution in [1.82, 2.24) is 21.2 Å². The second-order valence-electron chi connectivity index (χ2n) is 5.94. The van der Waals surface area contributed by atoms with Crippen LogP contribution in [0.25, 0.3) is 10.9 Å². The Hall–Kier alpha value is -2.78. The summed E-state index contributed by atoms with van der Waals surface area (Å²) in [6, 6.07) is 9.36. The van der Waals surface area contributed by atoms with Crippen LogP contribution in [0.15, 0.2) is 36.4 Å². The molecule has 1 aromatic carbocycles. The maximum atomic E-state index is 12.1. The van der Waals surface area contributed by atoms with Crippen LogP contribution < -0.4 is 21.5 Å². The van der Waals surface area contributed by atoms with E-state index in [1.165, 1.54) is 0 Å². The summed E-state index contributed by atoms with van der Waals surface area (Å²) < 4.78 is 0. The van der Waals surface area contributed by atoms with Gasteiger partial charge in [-0.25, -0.2) is 15.8 Å². The summed E-state index contributed by atoms with van der Waals surface area (Å²) in [5.41, 5.74) is 6.31. The smallest absolute Gasteiger partial charge is 0.254 e. The SMILES string of the molecule is CC1NNC(C(=O)NCCNc2ccc3ccccc3n2)C1[N+](=O)[O-]. The van der Waals surface area contributed by atoms with Crippen LogP contribution in [0.2, 0.25) is 0 Å². The fraction of sp³-hybridized carbons (Fsp3) is 0.375. The van der Waals surface area contributed by atoms with Crippen molar-refractivity contribution in [2.24, 2.45) is 0 Å². The third kappa shape index (κ3) is 3.83. The first-order valence-corrected chi connectivity index (χ1v) is 8.08. The standard InChI is InChI=1S/C16H20N6O3/c1-10-15(22(24)25)14(21-20-10)16(23)18-9-8-17-13-7-6-11-4-2-3-5-12(11)19-13/h2-7,10,14-15,20-21H,8-9H2,1H3,(H,17,19)(H,18,23). The van der Waals surface area contributed by atoms with Gasteiger partial charge in [0.2, 0.25) is 5.91 Å². The Morgan fingerprint density at radius 2 is 2.04 bits per heavy atom. The Labute approximate surface area is 144 Å². The van der Waals surface area contributed by atoms with E-state index in [4.69, 9.17) is 0 Å². The van der Waals surface area contributed by atoms with Crippen molar-refractivity contribution in [3.63, 3.8) is 0 Å². The fourth-order valence-electron chi connectivity index (χ4n) is 2.86. The molecule has 1 aliphatic heterocycles. The lowest BCUT2D eigenvalue weighted by molar-refractivity contribution is -0.523. The van der Waals surface area contributed by atoms with Gasteiger partial charge in [0.05, 0.1) is 11.6 Å². The molecule has 0 saturated carbocycles. The van der Waals surface area contributed by atoms with Gasteiger partial charge >= 0.3 is 0 Å². The lowest BCUT2D eigenvalue weighted by Gasteiger charge is -2.14. The number of hydrogen-bond donors (Lipinski definition) is 4. The molecule has 1 amide bonds. The number of nitrogens with zero attached hydrogens (tertiary/aromatic N) is 2. The normalized spacial score (nSPS) is 22.7. The van der Waals surface area contributed by atoms with E-state index in [0.29, 0.717) is 18.9 Å². The molecule has 0 radical (unpaired) electrons. The molecule has 2 aromatic rings. The number of pyridine rings is 1. The van der Waals surface area contributed by atoms with Crippen molar-refractivity contribution >= 4 is 22.6 Å². The highest BCUT2D eigenvalue weighted by molar-refractivity contribution is 5.83. The highest BCUT2D eigenvalue weighted by Gasteiger charge is 2.46. The number of anilines is 1. The number of nitrogens with one attached hydrogen (secondary N) is 4. The molecule has 9 heteroatoms. The average molecular weight is 344 g/mol. The number of hydrogen-bond acceptors (Lipinski definition) is 7. The molecule has 0 aliphatic carbocycles. The first-order chi connectivity index (χ1) is 12.1. The van der Waals surface area contributed by atoms with Crippen LogP contribution in [0, 0.1) is 10.1 Å². The van der Waals surface area contributed by atoms with Crippen molar-refractivity contribution in [3.8, 4) is 0 Å². The second kappa shape index (κ2) is 7.41. The molecule has 1 fully saturated rings. The van der Waals surface area contributed by atoms with Gasteiger partial charge in [0.25, 0.3) is 6.04 Å². The molecule has 132 valence electrons. The zero-order valence-corrected chi connectivity index (χ0v) is 13.7. The second-order valence-corrected chi connectivity index (χ2v) is 5.94. The Balaban J connectivity index is 1.49. The monoisotopic (exact) mass is 344 g/mol. The largest absolute Gasteiger partial charge is 0.368 e. The number of aromatic nitrogens is 1. The predicted molar refractivity (Wildman–Crippen MR) is 93.5 cm³/mol. The van der Waals surface area contributed by atoms with Gasteiger partial charge < -0.3 is 10.6 Å². The number of amides is 1. The van der Waals surface area contributed by atoms with E-state index in [9.17, 15) is 14.9 Å². The quantitative estimate of drug-likeness (QED) is 0.337. The molecular formula is C16H20N6O3. The highest BCUT2D eigenvalue weighted by atomic mass is 16.6. The van der Waals surface area contributed by atoms with Gasteiger partial charge in [-0.3, -0.25) is 14.9 Å². The first-order valence-electron chi connectivity index (χ1n) is 8.08. The zero-order chi connectivity index (χ0) is 17.8. The van der Waals surface area contributed by atoms with Crippen molar-refractivity contribution in [2.45, 2.75) is 25.0 Å². The number of para-hydroxylation sites is 1. The zero-order valence-electron chi connectivity index (χ0n) is 13.7. The molecule has 1 aliphatic rings. The summed E-state index contributed by atoms with van der Waals surface area (Å²) in [5, 5.41) is 18.0. The lowest BCUT2D eigenvalue weighted by Crippen LogP contribution is -2.50. The number of carbonyl (C=O) groups excluding carboxylic acids is 1. The molecule has 3 rings (SSSR count). The number of nitro groups is 1. The number of hydrazine groups is 1. The predicted octanol–water partition coefficient (Wildman–Crippen LogP) is 0.273. The molecule has 25 heavy (non-hydrogen) atoms. The van der Waals surface area contributed by atoms with E-state index >= 15 is 0 Å². The van der Waals surface area contributed by atoms with Crippen LogP contribution >= 0.6 is 0 Å². The van der Waals surface area contributed by atoms with Gasteiger partial charge in [-0.2, -0.15) is 0 Å². The van der Waals surface area contributed by atoms with Gasteiger partial charge in [-0.05, 0) is 25.1 Å². The van der Waals surface area contributed by atoms with Crippen LogP contribution in [0.3, 0.4) is 0 Å². The summed E-state index contributed by atoms with van der Waals surface area (Å²) in [6.07, 6.45) is 0. The van der Waals surface area contributed by atoms with Crippen molar-refractivity contribution in [2.75, 3.05) is 18.4 Å². The van der Waals surface area contributed by atoms with Gasteiger partial charge in [0.1, 0.15) is 5.82 Å². The maximum Gasteiger partial charge on any atom is 0.254 e. The third-order valence-corrected chi connectivity index (χ3v) is 4.17. The van der Waals surface area contributed by atoms with Gasteiger partial charge in [-0.1, -0.05) is 18.2 Å². The van der Waals surface area contributed by atoms with Crippen LogP contribution in [-0.2, 0) is 4.79 Å². The molecular weight excluding hydrogens is 324 g/mol. The van der Waals surface area contributed by atoms with Crippen molar-refractivity contribution in [1.29, 1.82) is 0 Å². The average Bonchev–Trinajstić information content (AvgIpc) is 3.00. The van der Waals surface area contributed by atoms with E-state index in [1.54, 1.807) is 6.92 Å². The van der Waals surface area contributed by atoms with Gasteiger partial charge in [0, 0.05) is 23.4 Å². The Kier molecular flexibility index (Phi) is 5.05. The van der Waals surface area contributed by atoms with Crippen LogP contribution in [0.4, 0.5) is 5.82 Å². The van der Waals surface area contributed by atoms with E-state index in [1.807, 2.05) is 36.4 Å². The van der Waals surface area contributed by atoms with Crippen molar-refractivity contribution in [3.05, 3.63) is 46.5 Å². The highest BCUT2D eigenvalue weighted by Crippen LogP contribution is 2.14. The van der Waals surface area contributed by atoms with Crippen LogP contribution in [-0.4, -0.2) is 47.0 Å².